The first-order valence-electron chi connectivity index (χ1n) is 7.30. The van der Waals surface area contributed by atoms with Gasteiger partial charge in [0.15, 0.2) is 6.10 Å². The van der Waals surface area contributed by atoms with Gasteiger partial charge in [-0.1, -0.05) is 12.1 Å². The molecule has 2 aromatic rings. The zero-order valence-electron chi connectivity index (χ0n) is 13.9. The lowest BCUT2D eigenvalue weighted by Crippen LogP contribution is -2.35. The summed E-state index contributed by atoms with van der Waals surface area (Å²) in [6.45, 7) is -0.0336. The lowest BCUT2D eigenvalue weighted by Gasteiger charge is -2.22. The molecule has 25 heavy (non-hydrogen) atoms. The van der Waals surface area contributed by atoms with Gasteiger partial charge in [0.2, 0.25) is 0 Å². The summed E-state index contributed by atoms with van der Waals surface area (Å²) >= 11 is 0. The summed E-state index contributed by atoms with van der Waals surface area (Å²) < 4.78 is 44.8. The maximum absolute atomic E-state index is 12.9. The van der Waals surface area contributed by atoms with Gasteiger partial charge in [-0.05, 0) is 17.7 Å². The van der Waals surface area contributed by atoms with Gasteiger partial charge in [-0.2, -0.15) is 18.3 Å². The summed E-state index contributed by atoms with van der Waals surface area (Å²) in [5.41, 5.74) is -1.17. The summed E-state index contributed by atoms with van der Waals surface area (Å²) in [5.74, 6) is 0.611. The summed E-state index contributed by atoms with van der Waals surface area (Å²) in [6.07, 6.45) is -6.71. The highest BCUT2D eigenvalue weighted by Gasteiger charge is 2.43. The van der Waals surface area contributed by atoms with E-state index in [4.69, 9.17) is 4.74 Å². The van der Waals surface area contributed by atoms with Crippen LogP contribution in [-0.4, -0.2) is 42.3 Å². The fraction of sp³-hybridized carbons (Fsp3) is 0.375. The number of aliphatic hydroxyl groups excluding tert-OH is 1. The topological polar surface area (TPSA) is 67.6 Å². The average Bonchev–Trinajstić information content (AvgIpc) is 2.55. The second kappa shape index (κ2) is 7.14. The Morgan fingerprint density at radius 3 is 2.36 bits per heavy atom. The standard InChI is InChI=1S/C16H18F3N3O3/c1-21(2)12-8-20-22(9-10-4-6-11(25-3)7-5-10)15(24)13(12)14(23)16(17,18)19/h4-8,14,23H,9H2,1-3H3. The maximum Gasteiger partial charge on any atom is 0.418 e. The fourth-order valence-electron chi connectivity index (χ4n) is 2.29. The Labute approximate surface area is 142 Å². The van der Waals surface area contributed by atoms with E-state index < -0.39 is 23.4 Å². The van der Waals surface area contributed by atoms with Gasteiger partial charge in [0, 0.05) is 14.1 Å². The minimum absolute atomic E-state index is 0.0336. The van der Waals surface area contributed by atoms with Gasteiger partial charge in [-0.3, -0.25) is 4.79 Å². The molecule has 2 rings (SSSR count). The Bertz CT molecular complexity index is 786. The van der Waals surface area contributed by atoms with Crippen molar-refractivity contribution in [3.8, 4) is 5.75 Å². The van der Waals surface area contributed by atoms with Crippen molar-refractivity contribution in [2.24, 2.45) is 0 Å². The molecule has 0 radical (unpaired) electrons. The number of anilines is 1. The number of hydrogen-bond acceptors (Lipinski definition) is 5. The van der Waals surface area contributed by atoms with Crippen molar-refractivity contribution in [1.29, 1.82) is 0 Å². The van der Waals surface area contributed by atoms with E-state index in [1.54, 1.807) is 24.3 Å². The molecule has 0 fully saturated rings. The second-order valence-electron chi connectivity index (χ2n) is 5.59. The zero-order chi connectivity index (χ0) is 18.8. The third-order valence-corrected chi connectivity index (χ3v) is 3.62. The third-order valence-electron chi connectivity index (χ3n) is 3.62. The van der Waals surface area contributed by atoms with Crippen molar-refractivity contribution >= 4 is 5.69 Å². The molecule has 0 saturated heterocycles. The van der Waals surface area contributed by atoms with Crippen LogP contribution >= 0.6 is 0 Å². The molecule has 0 aliphatic carbocycles. The number of nitrogens with zero attached hydrogens (tertiary/aromatic N) is 3. The molecule has 1 heterocycles. The predicted octanol–water partition coefficient (Wildman–Crippen LogP) is 1.96. The van der Waals surface area contributed by atoms with Crippen molar-refractivity contribution < 1.29 is 23.0 Å². The van der Waals surface area contributed by atoms with Crippen LogP contribution in [0.1, 0.15) is 17.2 Å². The Morgan fingerprint density at radius 1 is 1.28 bits per heavy atom. The van der Waals surface area contributed by atoms with E-state index in [0.717, 1.165) is 10.9 Å². The molecule has 1 aromatic heterocycles. The lowest BCUT2D eigenvalue weighted by atomic mass is 10.1. The SMILES string of the molecule is COc1ccc(Cn2ncc(N(C)C)c(C(O)C(F)(F)F)c2=O)cc1. The molecule has 0 bridgehead atoms. The third kappa shape index (κ3) is 4.11. The first-order chi connectivity index (χ1) is 11.6. The molecule has 1 aromatic carbocycles. The Kier molecular flexibility index (Phi) is 5.36. The molecule has 0 aliphatic rings. The van der Waals surface area contributed by atoms with E-state index in [1.807, 2.05) is 0 Å². The number of aliphatic hydroxyl groups is 1. The summed E-state index contributed by atoms with van der Waals surface area (Å²) in [6, 6.07) is 6.68. The van der Waals surface area contributed by atoms with Crippen molar-refractivity contribution in [1.82, 2.24) is 9.78 Å². The normalized spacial score (nSPS) is 12.8. The van der Waals surface area contributed by atoms with Crippen LogP contribution in [0.4, 0.5) is 18.9 Å². The molecule has 1 atom stereocenters. The van der Waals surface area contributed by atoms with Gasteiger partial charge in [0.05, 0.1) is 31.1 Å². The minimum Gasteiger partial charge on any atom is -0.497 e. The molecule has 6 nitrogen and oxygen atoms in total. The van der Waals surface area contributed by atoms with Gasteiger partial charge in [0.1, 0.15) is 5.75 Å². The molecule has 0 saturated carbocycles. The molecular weight excluding hydrogens is 339 g/mol. The van der Waals surface area contributed by atoms with E-state index >= 15 is 0 Å². The summed E-state index contributed by atoms with van der Waals surface area (Å²) in [7, 11) is 4.44. The van der Waals surface area contributed by atoms with Gasteiger partial charge in [-0.15, -0.1) is 0 Å². The molecule has 0 amide bonds. The Balaban J connectivity index is 2.48. The largest absolute Gasteiger partial charge is 0.497 e. The number of ether oxygens (including phenoxy) is 1. The Hall–Kier alpha value is -2.55. The lowest BCUT2D eigenvalue weighted by molar-refractivity contribution is -0.207. The number of halogens is 3. The number of hydrogen-bond donors (Lipinski definition) is 1. The molecule has 136 valence electrons. The highest BCUT2D eigenvalue weighted by atomic mass is 19.4. The average molecular weight is 357 g/mol. The maximum atomic E-state index is 12.9. The predicted molar refractivity (Wildman–Crippen MR) is 85.9 cm³/mol. The van der Waals surface area contributed by atoms with Crippen LogP contribution in [0.25, 0.3) is 0 Å². The van der Waals surface area contributed by atoms with Crippen LogP contribution in [0.5, 0.6) is 5.75 Å². The van der Waals surface area contributed by atoms with Crippen molar-refractivity contribution in [3.05, 3.63) is 51.9 Å². The van der Waals surface area contributed by atoms with Crippen molar-refractivity contribution in [3.63, 3.8) is 0 Å². The molecule has 1 unspecified atom stereocenters. The van der Waals surface area contributed by atoms with E-state index in [1.165, 1.54) is 26.1 Å². The number of rotatable bonds is 5. The van der Waals surface area contributed by atoms with E-state index in [0.29, 0.717) is 11.3 Å². The van der Waals surface area contributed by atoms with E-state index in [9.17, 15) is 23.1 Å². The highest BCUT2D eigenvalue weighted by Crippen LogP contribution is 2.34. The van der Waals surface area contributed by atoms with Gasteiger partial charge < -0.3 is 14.7 Å². The summed E-state index contributed by atoms with van der Waals surface area (Å²) in [5, 5.41) is 13.5. The molecule has 9 heteroatoms. The fourth-order valence-corrected chi connectivity index (χ4v) is 2.29. The van der Waals surface area contributed by atoms with Crippen molar-refractivity contribution in [2.45, 2.75) is 18.8 Å². The first-order valence-corrected chi connectivity index (χ1v) is 7.30. The van der Waals surface area contributed by atoms with Crippen LogP contribution in [-0.2, 0) is 6.54 Å². The van der Waals surface area contributed by atoms with Crippen LogP contribution in [0.15, 0.2) is 35.3 Å². The number of alkyl halides is 3. The number of benzene rings is 1. The highest BCUT2D eigenvalue weighted by molar-refractivity contribution is 5.51. The van der Waals surface area contributed by atoms with E-state index in [2.05, 4.69) is 5.10 Å². The summed E-state index contributed by atoms with van der Waals surface area (Å²) in [4.78, 5) is 13.8. The molecular formula is C16H18F3N3O3. The number of aromatic nitrogens is 2. The van der Waals surface area contributed by atoms with Gasteiger partial charge in [-0.25, -0.2) is 4.68 Å². The van der Waals surface area contributed by atoms with Crippen molar-refractivity contribution in [2.75, 3.05) is 26.1 Å². The molecule has 0 aliphatic heterocycles. The quantitative estimate of drug-likeness (QED) is 0.886. The van der Waals surface area contributed by atoms with Gasteiger partial charge in [0.25, 0.3) is 5.56 Å². The second-order valence-corrected chi connectivity index (χ2v) is 5.59. The van der Waals surface area contributed by atoms with Crippen LogP contribution in [0, 0.1) is 0 Å². The van der Waals surface area contributed by atoms with Gasteiger partial charge >= 0.3 is 6.18 Å². The smallest absolute Gasteiger partial charge is 0.418 e. The van der Waals surface area contributed by atoms with Crippen LogP contribution in [0.2, 0.25) is 0 Å². The first kappa shape index (κ1) is 18.8. The van der Waals surface area contributed by atoms with Crippen LogP contribution in [0.3, 0.4) is 0 Å². The van der Waals surface area contributed by atoms with Crippen LogP contribution < -0.4 is 15.2 Å². The zero-order valence-corrected chi connectivity index (χ0v) is 13.9. The Morgan fingerprint density at radius 2 is 1.88 bits per heavy atom. The monoisotopic (exact) mass is 357 g/mol. The number of methoxy groups -OCH3 is 1. The molecule has 0 spiro atoms. The van der Waals surface area contributed by atoms with E-state index in [-0.39, 0.29) is 12.2 Å². The minimum atomic E-state index is -4.96. The molecule has 1 N–H and O–H groups in total.